The standard InChI is InChI=1S/C36H58O9/c1-19(30(42)43)20-9-13-32(2)21(20)10-15-35(5)24(32)7-8-25-33(3)14-12-26(38)34(4,23(33)11-16-36(25,35)6)18-44-31-29(41)28(40)27(39)22(17-37)45-31/h20-29,31,37-41H,1,7-18H2,2-6H3,(H,42,43). The summed E-state index contributed by atoms with van der Waals surface area (Å²) in [5.41, 5.74) is 0.113. The van der Waals surface area contributed by atoms with Crippen LogP contribution in [0.3, 0.4) is 0 Å². The second-order valence-electron chi connectivity index (χ2n) is 17.3. The molecule has 0 bridgehead atoms. The van der Waals surface area contributed by atoms with Gasteiger partial charge in [-0.05, 0) is 115 Å². The molecule has 256 valence electrons. The van der Waals surface area contributed by atoms with Crippen molar-refractivity contribution in [3.63, 3.8) is 0 Å². The third-order valence-electron chi connectivity index (χ3n) is 15.9. The van der Waals surface area contributed by atoms with Crippen molar-refractivity contribution in [1.82, 2.24) is 0 Å². The van der Waals surface area contributed by atoms with Gasteiger partial charge in [0.05, 0.1) is 19.3 Å². The second-order valence-corrected chi connectivity index (χ2v) is 17.3. The molecule has 0 amide bonds. The van der Waals surface area contributed by atoms with Gasteiger partial charge in [-0.2, -0.15) is 0 Å². The molecular weight excluding hydrogens is 576 g/mol. The van der Waals surface area contributed by atoms with E-state index in [9.17, 15) is 35.4 Å². The van der Waals surface area contributed by atoms with Crippen molar-refractivity contribution in [2.24, 2.45) is 56.7 Å². The predicted octanol–water partition coefficient (Wildman–Crippen LogP) is 3.89. The highest BCUT2D eigenvalue weighted by molar-refractivity contribution is 5.86. The summed E-state index contributed by atoms with van der Waals surface area (Å²) in [5, 5.41) is 62.1. The van der Waals surface area contributed by atoms with E-state index in [4.69, 9.17) is 9.47 Å². The van der Waals surface area contributed by atoms with Gasteiger partial charge in [0.2, 0.25) is 0 Å². The Labute approximate surface area is 268 Å². The molecule has 16 unspecified atom stereocenters. The van der Waals surface area contributed by atoms with Crippen molar-refractivity contribution in [3.8, 4) is 0 Å². The lowest BCUT2D eigenvalue weighted by Crippen LogP contribution is -2.68. The minimum Gasteiger partial charge on any atom is -0.478 e. The molecule has 45 heavy (non-hydrogen) atoms. The summed E-state index contributed by atoms with van der Waals surface area (Å²) >= 11 is 0. The van der Waals surface area contributed by atoms with Gasteiger partial charge >= 0.3 is 5.97 Å². The van der Waals surface area contributed by atoms with E-state index in [0.717, 1.165) is 57.8 Å². The zero-order valence-corrected chi connectivity index (χ0v) is 28.0. The first-order valence-corrected chi connectivity index (χ1v) is 17.5. The van der Waals surface area contributed by atoms with Gasteiger partial charge < -0.3 is 40.1 Å². The summed E-state index contributed by atoms with van der Waals surface area (Å²) in [6.45, 7) is 15.7. The number of hydrogen-bond acceptors (Lipinski definition) is 8. The van der Waals surface area contributed by atoms with Crippen LogP contribution in [-0.2, 0) is 14.3 Å². The third-order valence-corrected chi connectivity index (χ3v) is 15.9. The average Bonchev–Trinajstić information content (AvgIpc) is 3.34. The molecule has 0 aromatic rings. The predicted molar refractivity (Wildman–Crippen MR) is 167 cm³/mol. The van der Waals surface area contributed by atoms with Crippen molar-refractivity contribution < 1.29 is 44.9 Å². The van der Waals surface area contributed by atoms with E-state index in [2.05, 4.69) is 41.2 Å². The number of aliphatic hydroxyl groups is 5. The molecule has 0 spiro atoms. The van der Waals surface area contributed by atoms with Gasteiger partial charge in [0.15, 0.2) is 6.29 Å². The minimum atomic E-state index is -1.50. The van der Waals surface area contributed by atoms with Gasteiger partial charge in [0.1, 0.15) is 24.4 Å². The molecule has 6 fully saturated rings. The lowest BCUT2D eigenvalue weighted by Gasteiger charge is -2.73. The summed E-state index contributed by atoms with van der Waals surface area (Å²) < 4.78 is 11.8. The summed E-state index contributed by atoms with van der Waals surface area (Å²) in [6.07, 6.45) is 2.74. The first-order chi connectivity index (χ1) is 21.0. The van der Waals surface area contributed by atoms with E-state index in [-0.39, 0.29) is 40.1 Å². The normalized spacial score (nSPS) is 56.0. The van der Waals surface area contributed by atoms with Crippen molar-refractivity contribution in [2.75, 3.05) is 13.2 Å². The second kappa shape index (κ2) is 11.2. The molecule has 1 heterocycles. The minimum absolute atomic E-state index is 0.0265. The van der Waals surface area contributed by atoms with Crippen LogP contribution in [-0.4, -0.2) is 86.6 Å². The molecule has 0 aromatic heterocycles. The van der Waals surface area contributed by atoms with E-state index < -0.39 is 54.8 Å². The van der Waals surface area contributed by atoms with Crippen LogP contribution in [0, 0.1) is 56.7 Å². The number of hydrogen-bond donors (Lipinski definition) is 6. The molecule has 16 atom stereocenters. The summed E-state index contributed by atoms with van der Waals surface area (Å²) in [7, 11) is 0. The summed E-state index contributed by atoms with van der Waals surface area (Å²) in [4.78, 5) is 11.9. The Balaban J connectivity index is 1.25. The van der Waals surface area contributed by atoms with Crippen LogP contribution in [0.1, 0.15) is 98.8 Å². The van der Waals surface area contributed by atoms with Gasteiger partial charge in [-0.1, -0.05) is 41.2 Å². The number of aliphatic carboxylic acids is 1. The number of ether oxygens (including phenoxy) is 2. The van der Waals surface area contributed by atoms with E-state index in [1.807, 2.05) is 0 Å². The van der Waals surface area contributed by atoms with Crippen molar-refractivity contribution >= 4 is 5.97 Å². The molecule has 1 saturated heterocycles. The number of carboxylic acids is 1. The molecule has 6 N–H and O–H groups in total. The van der Waals surface area contributed by atoms with E-state index in [0.29, 0.717) is 29.7 Å². The van der Waals surface area contributed by atoms with Crippen molar-refractivity contribution in [3.05, 3.63) is 12.2 Å². The number of fused-ring (bicyclic) bond motifs is 7. The van der Waals surface area contributed by atoms with Crippen LogP contribution in [0.25, 0.3) is 0 Å². The number of carboxylic acid groups (broad SMARTS) is 1. The highest BCUT2D eigenvalue weighted by Gasteiger charge is 2.71. The van der Waals surface area contributed by atoms with Crippen LogP contribution in [0.4, 0.5) is 0 Å². The van der Waals surface area contributed by atoms with E-state index in [1.54, 1.807) is 0 Å². The Morgan fingerprint density at radius 3 is 2.00 bits per heavy atom. The van der Waals surface area contributed by atoms with Gasteiger partial charge in [-0.25, -0.2) is 4.79 Å². The highest BCUT2D eigenvalue weighted by Crippen LogP contribution is 2.78. The topological polar surface area (TPSA) is 157 Å². The molecule has 1 aliphatic heterocycles. The van der Waals surface area contributed by atoms with Crippen LogP contribution >= 0.6 is 0 Å². The summed E-state index contributed by atoms with van der Waals surface area (Å²) in [6, 6.07) is 0. The molecule has 5 saturated carbocycles. The number of rotatable bonds is 6. The molecule has 0 aromatic carbocycles. The highest BCUT2D eigenvalue weighted by atomic mass is 16.7. The SMILES string of the molecule is C=C(C(=O)O)C1CCC2(C)C1CCC1(C)C2CCC2C3(C)CCC(O)C(C)(COC4OC(CO)C(O)C(O)C4O)C3CCC21C. The monoisotopic (exact) mass is 634 g/mol. The molecule has 0 radical (unpaired) electrons. The smallest absolute Gasteiger partial charge is 0.331 e. The zero-order valence-electron chi connectivity index (χ0n) is 28.0. The first kappa shape index (κ1) is 33.8. The molecule has 9 heteroatoms. The summed E-state index contributed by atoms with van der Waals surface area (Å²) in [5.74, 6) is 0.775. The Morgan fingerprint density at radius 1 is 0.778 bits per heavy atom. The molecule has 6 rings (SSSR count). The van der Waals surface area contributed by atoms with Gasteiger partial charge in [0, 0.05) is 11.0 Å². The number of carbonyl (C=O) groups is 1. The van der Waals surface area contributed by atoms with Crippen LogP contribution < -0.4 is 0 Å². The fourth-order valence-electron chi connectivity index (χ4n) is 13.2. The van der Waals surface area contributed by atoms with Crippen molar-refractivity contribution in [1.29, 1.82) is 0 Å². The Morgan fingerprint density at radius 2 is 1.38 bits per heavy atom. The van der Waals surface area contributed by atoms with Gasteiger partial charge in [-0.3, -0.25) is 0 Å². The van der Waals surface area contributed by atoms with Crippen molar-refractivity contribution in [2.45, 2.75) is 136 Å². The van der Waals surface area contributed by atoms with Crippen LogP contribution in [0.5, 0.6) is 0 Å². The average molecular weight is 635 g/mol. The molecule has 6 aliphatic rings. The fourth-order valence-corrected chi connectivity index (χ4v) is 13.2. The Hall–Kier alpha value is -1.07. The lowest BCUT2D eigenvalue weighted by atomic mass is 9.32. The molecular formula is C36H58O9. The third kappa shape index (κ3) is 4.61. The van der Waals surface area contributed by atoms with Crippen LogP contribution in [0.2, 0.25) is 0 Å². The first-order valence-electron chi connectivity index (χ1n) is 17.5. The maximum absolute atomic E-state index is 11.9. The quantitative estimate of drug-likeness (QED) is 0.239. The van der Waals surface area contributed by atoms with E-state index >= 15 is 0 Å². The number of aliphatic hydroxyl groups excluding tert-OH is 5. The van der Waals surface area contributed by atoms with Gasteiger partial charge in [-0.15, -0.1) is 0 Å². The van der Waals surface area contributed by atoms with Crippen LogP contribution in [0.15, 0.2) is 12.2 Å². The fraction of sp³-hybridized carbons (Fsp3) is 0.917. The zero-order chi connectivity index (χ0) is 32.9. The van der Waals surface area contributed by atoms with E-state index in [1.165, 1.54) is 0 Å². The Bertz CT molecular complexity index is 1180. The maximum atomic E-state index is 11.9. The largest absolute Gasteiger partial charge is 0.478 e. The Kier molecular flexibility index (Phi) is 8.45. The molecule has 5 aliphatic carbocycles. The maximum Gasteiger partial charge on any atom is 0.331 e. The lowest BCUT2D eigenvalue weighted by molar-refractivity contribution is -0.317. The van der Waals surface area contributed by atoms with Gasteiger partial charge in [0.25, 0.3) is 0 Å². The molecule has 9 nitrogen and oxygen atoms in total.